The highest BCUT2D eigenvalue weighted by molar-refractivity contribution is 5.84. The molecule has 3 aromatic carbocycles. The van der Waals surface area contributed by atoms with Crippen LogP contribution in [0.3, 0.4) is 0 Å². The maximum absolute atomic E-state index is 12.0. The van der Waals surface area contributed by atoms with E-state index in [2.05, 4.69) is 25.6 Å². The van der Waals surface area contributed by atoms with E-state index in [9.17, 15) is 14.4 Å². The summed E-state index contributed by atoms with van der Waals surface area (Å²) >= 11 is 0. The molecule has 0 atom stereocenters. The highest BCUT2D eigenvalue weighted by Crippen LogP contribution is 2.24. The van der Waals surface area contributed by atoms with Crippen molar-refractivity contribution in [1.82, 2.24) is 15.0 Å². The van der Waals surface area contributed by atoms with Crippen molar-refractivity contribution in [2.75, 3.05) is 10.6 Å². The minimum atomic E-state index is -0.568. The van der Waals surface area contributed by atoms with Crippen molar-refractivity contribution in [3.8, 4) is 0 Å². The smallest absolute Gasteiger partial charge is 0.408 e. The Morgan fingerprint density at radius 3 is 2.71 bits per heavy atom. The van der Waals surface area contributed by atoms with Crippen molar-refractivity contribution in [2.24, 2.45) is 0 Å². The van der Waals surface area contributed by atoms with E-state index < -0.39 is 16.6 Å². The average Bonchev–Trinajstić information content (AvgIpc) is 3.31. The number of benzene rings is 2. The number of nitrogens with one attached hydrogen (secondary N) is 4. The van der Waals surface area contributed by atoms with Gasteiger partial charge in [0.15, 0.2) is 5.58 Å². The summed E-state index contributed by atoms with van der Waals surface area (Å²) in [6.45, 7) is 0.308. The van der Waals surface area contributed by atoms with Gasteiger partial charge in [0.2, 0.25) is 0 Å². The molecule has 0 radical (unpaired) electrons. The Hall–Kier alpha value is -4.14. The maximum atomic E-state index is 12.0. The zero-order chi connectivity index (χ0) is 19.3. The predicted octanol–water partition coefficient (Wildman–Crippen LogP) is 1.95. The van der Waals surface area contributed by atoms with Gasteiger partial charge in [-0.1, -0.05) is 6.07 Å². The second kappa shape index (κ2) is 5.95. The van der Waals surface area contributed by atoms with E-state index in [0.29, 0.717) is 23.3 Å². The fourth-order valence-electron chi connectivity index (χ4n) is 3.14. The van der Waals surface area contributed by atoms with E-state index in [0.717, 1.165) is 16.6 Å². The molecule has 0 unspecified atom stereocenters. The Balaban J connectivity index is 1.38. The number of nitrogens with zero attached hydrogens (tertiary/aromatic N) is 1. The summed E-state index contributed by atoms with van der Waals surface area (Å²) in [6.07, 6.45) is 1.59. The van der Waals surface area contributed by atoms with Gasteiger partial charge in [0.05, 0.1) is 22.9 Å². The van der Waals surface area contributed by atoms with Crippen LogP contribution in [0.25, 0.3) is 22.1 Å². The molecule has 2 heterocycles. The Bertz CT molecular complexity index is 1470. The van der Waals surface area contributed by atoms with Crippen LogP contribution in [0.4, 0.5) is 17.1 Å². The number of H-pyrrole nitrogens is 2. The van der Waals surface area contributed by atoms with Gasteiger partial charge in [-0.15, -0.1) is 0 Å². The summed E-state index contributed by atoms with van der Waals surface area (Å²) in [5.41, 5.74) is 3.47. The molecule has 0 aliphatic heterocycles. The van der Waals surface area contributed by atoms with Crippen LogP contribution in [0, 0.1) is 0 Å². The molecule has 9 heteroatoms. The molecular weight excluding hydrogens is 362 g/mol. The molecule has 138 valence electrons. The molecule has 5 aromatic rings. The minimum Gasteiger partial charge on any atom is -0.408 e. The Labute approximate surface area is 155 Å². The molecule has 0 fully saturated rings. The van der Waals surface area contributed by atoms with Crippen molar-refractivity contribution >= 4 is 39.2 Å². The molecule has 2 aromatic heterocycles. The quantitative estimate of drug-likeness (QED) is 0.345. The number of anilines is 3. The van der Waals surface area contributed by atoms with Crippen LogP contribution in [0.2, 0.25) is 0 Å². The lowest BCUT2D eigenvalue weighted by Crippen LogP contribution is -2.36. The number of rotatable bonds is 5. The summed E-state index contributed by atoms with van der Waals surface area (Å²) in [5, 5.41) is 5.99. The Morgan fingerprint density at radius 1 is 0.964 bits per heavy atom. The van der Waals surface area contributed by atoms with Crippen molar-refractivity contribution in [3.63, 3.8) is 0 Å². The fraction of sp³-hybridized carbons (Fsp3) is 0.0526. The predicted molar refractivity (Wildman–Crippen MR) is 105 cm³/mol. The van der Waals surface area contributed by atoms with Gasteiger partial charge in [0.25, 0.3) is 10.9 Å². The zero-order valence-corrected chi connectivity index (χ0v) is 14.3. The van der Waals surface area contributed by atoms with Gasteiger partial charge >= 0.3 is 5.76 Å². The molecule has 5 rings (SSSR count). The maximum Gasteiger partial charge on any atom is 0.417 e. The summed E-state index contributed by atoms with van der Waals surface area (Å²) in [6, 6.07) is 10.6. The van der Waals surface area contributed by atoms with Gasteiger partial charge in [0.1, 0.15) is 11.4 Å². The lowest BCUT2D eigenvalue weighted by molar-refractivity contribution is 0.555. The lowest BCUT2D eigenvalue weighted by Gasteiger charge is -2.15. The van der Waals surface area contributed by atoms with E-state index in [-0.39, 0.29) is 11.4 Å². The SMILES string of the molecule is O=c1[nH]c2cc(CNc3c(Nc4ccc5nc[nH]c5c4)c(=O)c3=O)ccc2o1. The summed E-state index contributed by atoms with van der Waals surface area (Å²) in [4.78, 5) is 44.9. The first-order valence-corrected chi connectivity index (χ1v) is 8.47. The van der Waals surface area contributed by atoms with E-state index in [1.807, 2.05) is 12.1 Å². The van der Waals surface area contributed by atoms with Gasteiger partial charge in [-0.2, -0.15) is 0 Å². The highest BCUT2D eigenvalue weighted by Gasteiger charge is 2.21. The highest BCUT2D eigenvalue weighted by atomic mass is 16.4. The number of hydrogen-bond donors (Lipinski definition) is 4. The third-order valence-electron chi connectivity index (χ3n) is 4.55. The van der Waals surface area contributed by atoms with Crippen LogP contribution in [-0.4, -0.2) is 15.0 Å². The van der Waals surface area contributed by atoms with Crippen LogP contribution in [0.5, 0.6) is 0 Å². The third-order valence-corrected chi connectivity index (χ3v) is 4.55. The Morgan fingerprint density at radius 2 is 1.82 bits per heavy atom. The first-order chi connectivity index (χ1) is 13.6. The molecule has 0 spiro atoms. The molecule has 0 bridgehead atoms. The molecule has 4 N–H and O–H groups in total. The molecule has 0 amide bonds. The van der Waals surface area contributed by atoms with E-state index >= 15 is 0 Å². The van der Waals surface area contributed by atoms with E-state index in [1.54, 1.807) is 30.6 Å². The fourth-order valence-corrected chi connectivity index (χ4v) is 3.14. The van der Waals surface area contributed by atoms with Crippen molar-refractivity contribution < 1.29 is 4.42 Å². The first kappa shape index (κ1) is 16.1. The van der Waals surface area contributed by atoms with Gasteiger partial charge in [-0.25, -0.2) is 9.78 Å². The molecule has 0 saturated carbocycles. The minimum absolute atomic E-state index is 0.224. The number of aromatic amines is 2. The van der Waals surface area contributed by atoms with E-state index in [1.165, 1.54) is 0 Å². The molecule has 28 heavy (non-hydrogen) atoms. The van der Waals surface area contributed by atoms with Gasteiger partial charge in [-0.05, 0) is 35.9 Å². The van der Waals surface area contributed by atoms with E-state index in [4.69, 9.17) is 4.42 Å². The van der Waals surface area contributed by atoms with Crippen molar-refractivity contribution in [2.45, 2.75) is 6.54 Å². The second-order valence-corrected chi connectivity index (χ2v) is 6.37. The summed E-state index contributed by atoms with van der Waals surface area (Å²) in [5.74, 6) is -0.525. The third kappa shape index (κ3) is 2.57. The van der Waals surface area contributed by atoms with Crippen molar-refractivity contribution in [3.05, 3.63) is 79.3 Å². The molecular formula is C19H13N5O4. The monoisotopic (exact) mass is 375 g/mol. The normalized spacial score (nSPS) is 11.4. The number of fused-ring (bicyclic) bond motifs is 2. The molecule has 0 aliphatic rings. The second-order valence-electron chi connectivity index (χ2n) is 6.37. The number of hydrogen-bond acceptors (Lipinski definition) is 7. The summed E-state index contributed by atoms with van der Waals surface area (Å²) < 4.78 is 4.96. The van der Waals surface area contributed by atoms with Crippen molar-refractivity contribution in [1.29, 1.82) is 0 Å². The summed E-state index contributed by atoms with van der Waals surface area (Å²) in [7, 11) is 0. The first-order valence-electron chi connectivity index (χ1n) is 8.47. The van der Waals surface area contributed by atoms with Crippen LogP contribution >= 0.6 is 0 Å². The standard InChI is InChI=1S/C19H13N5O4/c25-17-15(20-7-9-1-4-14-13(5-9)24-19(27)28-14)16(18(17)26)23-10-2-3-11-12(6-10)22-8-21-11/h1-6,8,20,23H,7H2,(H,21,22)(H,24,27). The van der Waals surface area contributed by atoms with Crippen LogP contribution in [-0.2, 0) is 6.54 Å². The van der Waals surface area contributed by atoms with Crippen LogP contribution in [0.1, 0.15) is 5.56 Å². The number of oxazole rings is 1. The van der Waals surface area contributed by atoms with Crippen LogP contribution in [0.15, 0.2) is 61.5 Å². The Kier molecular flexibility index (Phi) is 3.41. The molecule has 9 nitrogen and oxygen atoms in total. The lowest BCUT2D eigenvalue weighted by atomic mass is 10.1. The van der Waals surface area contributed by atoms with Crippen LogP contribution < -0.4 is 27.2 Å². The average molecular weight is 375 g/mol. The largest absolute Gasteiger partial charge is 0.417 e. The zero-order valence-electron chi connectivity index (χ0n) is 14.3. The number of aromatic nitrogens is 3. The molecule has 0 aliphatic carbocycles. The topological polar surface area (TPSA) is 133 Å². The van der Waals surface area contributed by atoms with Gasteiger partial charge in [0, 0.05) is 12.2 Å². The van der Waals surface area contributed by atoms with Gasteiger partial charge < -0.3 is 20.0 Å². The number of imidazole rings is 1. The van der Waals surface area contributed by atoms with Gasteiger partial charge in [-0.3, -0.25) is 14.6 Å². The molecule has 0 saturated heterocycles.